The molecule has 0 saturated carbocycles. The van der Waals surface area contributed by atoms with Gasteiger partial charge in [-0.05, 0) is 31.2 Å². The van der Waals surface area contributed by atoms with Crippen LogP contribution in [0.2, 0.25) is 0 Å². The summed E-state index contributed by atoms with van der Waals surface area (Å²) in [6.07, 6.45) is 2.09. The van der Waals surface area contributed by atoms with Gasteiger partial charge in [0, 0.05) is 24.1 Å². The summed E-state index contributed by atoms with van der Waals surface area (Å²) >= 11 is 0. The molecule has 7 nitrogen and oxygen atoms in total. The summed E-state index contributed by atoms with van der Waals surface area (Å²) in [6.45, 7) is 1.01. The van der Waals surface area contributed by atoms with Crippen LogP contribution in [0, 0.1) is 0 Å². The van der Waals surface area contributed by atoms with E-state index < -0.39 is 12.2 Å². The molecule has 1 fully saturated rings. The number of fused-ring (bicyclic) bond motifs is 2. The lowest BCUT2D eigenvalue weighted by Gasteiger charge is -2.39. The highest BCUT2D eigenvalue weighted by molar-refractivity contribution is 5.83. The summed E-state index contributed by atoms with van der Waals surface area (Å²) in [5.41, 5.74) is 2.54. The van der Waals surface area contributed by atoms with Crippen LogP contribution in [0.1, 0.15) is 23.5 Å². The molecule has 0 radical (unpaired) electrons. The molecule has 1 aliphatic carbocycles. The number of aliphatic hydroxyl groups excluding tert-OH is 2. The van der Waals surface area contributed by atoms with Gasteiger partial charge in [0.25, 0.3) is 0 Å². The van der Waals surface area contributed by atoms with Crippen LogP contribution >= 0.6 is 0 Å². The summed E-state index contributed by atoms with van der Waals surface area (Å²) in [4.78, 5) is 2.18. The minimum absolute atomic E-state index is 0.00499. The van der Waals surface area contributed by atoms with Crippen molar-refractivity contribution in [2.24, 2.45) is 5.16 Å². The number of aliphatic hydroxyl groups is 2. The molecule has 7 heteroatoms. The van der Waals surface area contributed by atoms with E-state index in [-0.39, 0.29) is 18.8 Å². The maximum absolute atomic E-state index is 10.7. The molecule has 3 N–H and O–H groups in total. The first-order valence-corrected chi connectivity index (χ1v) is 7.98. The normalized spacial score (nSPS) is 32.2. The standard InChI is InChI=1S/C17H20N2O5/c1-19-3-2-9-4-12(20)17(21)15(16(9)19)11-6-14-13(23-8-24-14)5-10(11)7-18-22/h4-7,12,15-17,20-22H,2-3,8H2,1H3. The van der Waals surface area contributed by atoms with Gasteiger partial charge >= 0.3 is 0 Å². The fraction of sp³-hybridized carbons (Fsp3) is 0.471. The van der Waals surface area contributed by atoms with Crippen LogP contribution in [0.3, 0.4) is 0 Å². The van der Waals surface area contributed by atoms with Gasteiger partial charge in [0.05, 0.1) is 18.4 Å². The molecule has 128 valence electrons. The van der Waals surface area contributed by atoms with E-state index >= 15 is 0 Å². The summed E-state index contributed by atoms with van der Waals surface area (Å²) in [7, 11) is 2.01. The van der Waals surface area contributed by atoms with Gasteiger partial charge in [-0.15, -0.1) is 0 Å². The molecular formula is C17H20N2O5. The molecule has 2 aliphatic heterocycles. The predicted octanol–water partition coefficient (Wildman–Crippen LogP) is 0.673. The Morgan fingerprint density at radius 2 is 2.00 bits per heavy atom. The van der Waals surface area contributed by atoms with Crippen molar-refractivity contribution in [1.82, 2.24) is 4.90 Å². The third-order valence-electron chi connectivity index (χ3n) is 5.18. The average molecular weight is 332 g/mol. The fourth-order valence-corrected chi connectivity index (χ4v) is 4.07. The zero-order valence-corrected chi connectivity index (χ0v) is 13.3. The Kier molecular flexibility index (Phi) is 3.71. The molecule has 0 aromatic heterocycles. The Balaban J connectivity index is 1.86. The third-order valence-corrected chi connectivity index (χ3v) is 5.18. The van der Waals surface area contributed by atoms with E-state index in [0.717, 1.165) is 24.1 Å². The second-order valence-corrected chi connectivity index (χ2v) is 6.50. The van der Waals surface area contributed by atoms with Crippen LogP contribution in [0.4, 0.5) is 0 Å². The van der Waals surface area contributed by atoms with Crippen molar-refractivity contribution >= 4 is 6.21 Å². The second kappa shape index (κ2) is 5.77. The molecule has 4 rings (SSSR count). The minimum Gasteiger partial charge on any atom is -0.454 e. The van der Waals surface area contributed by atoms with Gasteiger partial charge in [-0.2, -0.15) is 0 Å². The summed E-state index contributed by atoms with van der Waals surface area (Å²) in [5.74, 6) is 0.823. The topological polar surface area (TPSA) is 94.8 Å². The van der Waals surface area contributed by atoms with Crippen LogP contribution in [0.15, 0.2) is 28.9 Å². The van der Waals surface area contributed by atoms with Crippen LogP contribution in [0.25, 0.3) is 0 Å². The molecular weight excluding hydrogens is 312 g/mol. The monoisotopic (exact) mass is 332 g/mol. The molecule has 2 heterocycles. The van der Waals surface area contributed by atoms with Gasteiger partial charge in [0.15, 0.2) is 11.5 Å². The van der Waals surface area contributed by atoms with Gasteiger partial charge in [0.2, 0.25) is 6.79 Å². The molecule has 0 bridgehead atoms. The summed E-state index contributed by atoms with van der Waals surface area (Å²) in [6, 6.07) is 3.55. The van der Waals surface area contributed by atoms with Crippen molar-refractivity contribution in [3.8, 4) is 11.5 Å². The van der Waals surface area contributed by atoms with Crippen molar-refractivity contribution in [2.45, 2.75) is 30.6 Å². The fourth-order valence-electron chi connectivity index (χ4n) is 4.07. The number of hydrogen-bond donors (Lipinski definition) is 3. The Labute approximate surface area is 139 Å². The number of hydrogen-bond acceptors (Lipinski definition) is 7. The minimum atomic E-state index is -0.953. The lowest BCUT2D eigenvalue weighted by atomic mass is 9.75. The maximum atomic E-state index is 10.7. The van der Waals surface area contributed by atoms with Crippen LogP contribution in [-0.2, 0) is 0 Å². The van der Waals surface area contributed by atoms with E-state index in [4.69, 9.17) is 14.7 Å². The molecule has 0 spiro atoms. The summed E-state index contributed by atoms with van der Waals surface area (Å²) < 4.78 is 10.8. The highest BCUT2D eigenvalue weighted by Crippen LogP contribution is 2.45. The van der Waals surface area contributed by atoms with Crippen LogP contribution in [-0.4, -0.2) is 65.2 Å². The van der Waals surface area contributed by atoms with E-state index in [1.54, 1.807) is 12.1 Å². The number of benzene rings is 1. The van der Waals surface area contributed by atoms with Crippen LogP contribution < -0.4 is 9.47 Å². The number of likely N-dealkylation sites (tertiary alicyclic amines) is 1. The third kappa shape index (κ3) is 2.28. The van der Waals surface area contributed by atoms with Gasteiger partial charge in [-0.25, -0.2) is 0 Å². The van der Waals surface area contributed by atoms with E-state index in [1.165, 1.54) is 6.21 Å². The SMILES string of the molecule is CN1CCC2=CC(O)C(O)C(c3cc4c(cc3C=NO)OCO4)C21. The predicted molar refractivity (Wildman–Crippen MR) is 85.8 cm³/mol. The van der Waals surface area contributed by atoms with Crippen molar-refractivity contribution in [1.29, 1.82) is 0 Å². The number of oxime groups is 1. The molecule has 4 unspecified atom stereocenters. The van der Waals surface area contributed by atoms with E-state index in [1.807, 2.05) is 13.1 Å². The number of likely N-dealkylation sites (N-methyl/N-ethyl adjacent to an activating group) is 1. The number of rotatable bonds is 2. The molecule has 3 aliphatic rings. The first kappa shape index (κ1) is 15.4. The highest BCUT2D eigenvalue weighted by atomic mass is 16.7. The van der Waals surface area contributed by atoms with Crippen molar-refractivity contribution < 1.29 is 24.9 Å². The Hall–Kier alpha value is -2.09. The van der Waals surface area contributed by atoms with E-state index in [0.29, 0.717) is 17.1 Å². The maximum Gasteiger partial charge on any atom is 0.231 e. The van der Waals surface area contributed by atoms with E-state index in [9.17, 15) is 10.2 Å². The molecule has 4 atom stereocenters. The first-order valence-electron chi connectivity index (χ1n) is 7.98. The Morgan fingerprint density at radius 1 is 1.25 bits per heavy atom. The number of ether oxygens (including phenoxy) is 2. The van der Waals surface area contributed by atoms with Crippen molar-refractivity contribution in [3.05, 3.63) is 34.9 Å². The molecule has 1 saturated heterocycles. The number of nitrogens with zero attached hydrogens (tertiary/aromatic N) is 2. The molecule has 1 aromatic carbocycles. The van der Waals surface area contributed by atoms with Crippen molar-refractivity contribution in [3.63, 3.8) is 0 Å². The van der Waals surface area contributed by atoms with E-state index in [2.05, 4.69) is 10.1 Å². The van der Waals surface area contributed by atoms with Gasteiger partial charge < -0.3 is 24.9 Å². The first-order chi connectivity index (χ1) is 11.6. The average Bonchev–Trinajstić information content (AvgIpc) is 3.15. The van der Waals surface area contributed by atoms with Crippen molar-refractivity contribution in [2.75, 3.05) is 20.4 Å². The summed E-state index contributed by atoms with van der Waals surface area (Å²) in [5, 5.41) is 33.1. The molecule has 24 heavy (non-hydrogen) atoms. The van der Waals surface area contributed by atoms with Crippen LogP contribution in [0.5, 0.6) is 11.5 Å². The highest BCUT2D eigenvalue weighted by Gasteiger charge is 2.45. The Morgan fingerprint density at radius 3 is 2.75 bits per heavy atom. The smallest absolute Gasteiger partial charge is 0.231 e. The Bertz CT molecular complexity index is 717. The quantitative estimate of drug-likeness (QED) is 0.319. The van der Waals surface area contributed by atoms with Gasteiger partial charge in [-0.3, -0.25) is 4.90 Å². The lowest BCUT2D eigenvalue weighted by molar-refractivity contribution is 0.00679. The largest absolute Gasteiger partial charge is 0.454 e. The zero-order chi connectivity index (χ0) is 16.8. The van der Waals surface area contributed by atoms with Gasteiger partial charge in [0.1, 0.15) is 0 Å². The molecule has 1 aromatic rings. The zero-order valence-electron chi connectivity index (χ0n) is 13.3. The second-order valence-electron chi connectivity index (χ2n) is 6.50. The molecule has 0 amide bonds. The lowest BCUT2D eigenvalue weighted by Crippen LogP contribution is -2.46. The van der Waals surface area contributed by atoms with Gasteiger partial charge in [-0.1, -0.05) is 16.8 Å².